The van der Waals surface area contributed by atoms with Crippen LogP contribution in [0.3, 0.4) is 0 Å². The van der Waals surface area contributed by atoms with E-state index in [-0.39, 0.29) is 17.9 Å². The summed E-state index contributed by atoms with van der Waals surface area (Å²) in [6.45, 7) is 2.41. The highest BCUT2D eigenvalue weighted by Crippen LogP contribution is 2.21. The molecule has 0 amide bonds. The largest absolute Gasteiger partial charge is 0.491 e. The fourth-order valence-electron chi connectivity index (χ4n) is 2.76. The van der Waals surface area contributed by atoms with E-state index >= 15 is 0 Å². The number of rotatable bonds is 9. The van der Waals surface area contributed by atoms with Gasteiger partial charge in [0.15, 0.2) is 5.69 Å². The van der Waals surface area contributed by atoms with Gasteiger partial charge in [-0.3, -0.25) is 0 Å². The number of imidazole rings is 1. The normalized spacial score (nSPS) is 18.3. The molecule has 10 heteroatoms. The molecule has 3 heterocycles. The van der Waals surface area contributed by atoms with Gasteiger partial charge in [0.2, 0.25) is 0 Å². The molecule has 0 bridgehead atoms. The summed E-state index contributed by atoms with van der Waals surface area (Å²) in [4.78, 5) is 28.6. The van der Waals surface area contributed by atoms with Crippen LogP contribution in [-0.2, 0) is 9.47 Å². The molecule has 2 saturated heterocycles. The number of benzene rings is 2. The average Bonchev–Trinajstić information content (AvgIpc) is 3.77. The van der Waals surface area contributed by atoms with Gasteiger partial charge >= 0.3 is 12.1 Å². The predicted molar refractivity (Wildman–Crippen MR) is 112 cm³/mol. The third-order valence-electron chi connectivity index (χ3n) is 4.74. The van der Waals surface area contributed by atoms with Crippen LogP contribution >= 0.6 is 0 Å². The van der Waals surface area contributed by atoms with Crippen molar-refractivity contribution in [3.8, 4) is 23.0 Å². The lowest BCUT2D eigenvalue weighted by Gasteiger charge is -2.07. The van der Waals surface area contributed by atoms with Crippen molar-refractivity contribution in [2.24, 2.45) is 0 Å². The van der Waals surface area contributed by atoms with Crippen LogP contribution in [0.2, 0.25) is 0 Å². The molecule has 5 rings (SSSR count). The number of hydrogen-bond donors (Lipinski definition) is 0. The molecule has 170 valence electrons. The molecule has 3 aromatic rings. The quantitative estimate of drug-likeness (QED) is 0.275. The van der Waals surface area contributed by atoms with Gasteiger partial charge in [-0.05, 0) is 48.5 Å². The highest BCUT2D eigenvalue weighted by molar-refractivity contribution is 5.89. The number of ether oxygens (including phenoxy) is 6. The highest BCUT2D eigenvalue weighted by Gasteiger charge is 2.24. The lowest BCUT2D eigenvalue weighted by atomic mass is 10.3. The van der Waals surface area contributed by atoms with Crippen LogP contribution in [0.1, 0.15) is 10.5 Å². The van der Waals surface area contributed by atoms with Gasteiger partial charge in [0.25, 0.3) is 0 Å². The zero-order valence-corrected chi connectivity index (χ0v) is 17.4. The molecule has 2 fully saturated rings. The Morgan fingerprint density at radius 1 is 0.818 bits per heavy atom. The van der Waals surface area contributed by atoms with Crippen molar-refractivity contribution in [2.45, 2.75) is 12.2 Å². The van der Waals surface area contributed by atoms with Crippen LogP contribution < -0.4 is 18.9 Å². The molecule has 0 radical (unpaired) electrons. The SMILES string of the molecule is O=C(Oc1ccc(OCC2CO2)cc1)c1cn(C(=O)Oc2ccc(OCC3CO3)cc2)cn1. The monoisotopic (exact) mass is 452 g/mol. The van der Waals surface area contributed by atoms with Gasteiger partial charge in [-0.25, -0.2) is 19.1 Å². The van der Waals surface area contributed by atoms with E-state index in [2.05, 4.69) is 4.98 Å². The van der Waals surface area contributed by atoms with Crippen molar-refractivity contribution < 1.29 is 38.0 Å². The van der Waals surface area contributed by atoms with Gasteiger partial charge in [0.05, 0.1) is 13.2 Å². The molecule has 0 saturated carbocycles. The third kappa shape index (κ3) is 5.88. The average molecular weight is 452 g/mol. The Balaban J connectivity index is 1.12. The van der Waals surface area contributed by atoms with Gasteiger partial charge in [0, 0.05) is 6.20 Å². The molecule has 33 heavy (non-hydrogen) atoms. The van der Waals surface area contributed by atoms with Gasteiger partial charge in [-0.2, -0.15) is 0 Å². The first-order valence-corrected chi connectivity index (χ1v) is 10.3. The fraction of sp³-hybridized carbons (Fsp3) is 0.261. The van der Waals surface area contributed by atoms with E-state index < -0.39 is 12.1 Å². The lowest BCUT2D eigenvalue weighted by Crippen LogP contribution is -2.15. The smallest absolute Gasteiger partial charge is 0.424 e. The Bertz CT molecular complexity index is 1030. The second kappa shape index (κ2) is 9.31. The summed E-state index contributed by atoms with van der Waals surface area (Å²) in [5.74, 6) is 1.23. The Morgan fingerprint density at radius 2 is 1.30 bits per heavy atom. The number of epoxide rings is 2. The van der Waals surface area contributed by atoms with E-state index in [4.69, 9.17) is 28.4 Å². The van der Waals surface area contributed by atoms with Crippen molar-refractivity contribution in [3.05, 3.63) is 66.7 Å². The first kappa shape index (κ1) is 21.0. The maximum absolute atomic E-state index is 12.3. The molecule has 1 aromatic heterocycles. The minimum Gasteiger partial charge on any atom is -0.491 e. The van der Waals surface area contributed by atoms with E-state index in [9.17, 15) is 9.59 Å². The second-order valence-electron chi connectivity index (χ2n) is 7.40. The summed E-state index contributed by atoms with van der Waals surface area (Å²) in [5, 5.41) is 0. The Labute approximate surface area is 188 Å². The molecule has 10 nitrogen and oxygen atoms in total. The zero-order chi connectivity index (χ0) is 22.6. The molecule has 2 aromatic carbocycles. The Morgan fingerprint density at radius 3 is 1.82 bits per heavy atom. The number of nitrogens with zero attached hydrogens (tertiary/aromatic N) is 2. The molecular formula is C23H20N2O8. The molecular weight excluding hydrogens is 432 g/mol. The van der Waals surface area contributed by atoms with E-state index in [0.29, 0.717) is 49.4 Å². The summed E-state index contributed by atoms with van der Waals surface area (Å²) in [7, 11) is 0. The summed E-state index contributed by atoms with van der Waals surface area (Å²) in [6.07, 6.45) is 2.02. The second-order valence-corrected chi connectivity index (χ2v) is 7.40. The minimum atomic E-state index is -0.720. The molecule has 0 N–H and O–H groups in total. The van der Waals surface area contributed by atoms with E-state index in [1.54, 1.807) is 48.5 Å². The Hall–Kier alpha value is -3.89. The number of esters is 1. The lowest BCUT2D eigenvalue weighted by molar-refractivity contribution is 0.0729. The van der Waals surface area contributed by atoms with Crippen LogP contribution in [-0.4, -0.2) is 60.2 Å². The van der Waals surface area contributed by atoms with Crippen molar-refractivity contribution in [3.63, 3.8) is 0 Å². The first-order valence-electron chi connectivity index (χ1n) is 10.3. The van der Waals surface area contributed by atoms with Gasteiger partial charge in [-0.15, -0.1) is 0 Å². The van der Waals surface area contributed by atoms with Crippen LogP contribution in [0.25, 0.3) is 0 Å². The fourth-order valence-corrected chi connectivity index (χ4v) is 2.76. The number of carbonyl (C=O) groups excluding carboxylic acids is 2. The van der Waals surface area contributed by atoms with E-state index in [0.717, 1.165) is 4.57 Å². The highest BCUT2D eigenvalue weighted by atomic mass is 16.6. The van der Waals surface area contributed by atoms with E-state index in [1.807, 2.05) is 0 Å². The Kier molecular flexibility index (Phi) is 5.92. The van der Waals surface area contributed by atoms with Crippen molar-refractivity contribution in [1.29, 1.82) is 0 Å². The van der Waals surface area contributed by atoms with Crippen molar-refractivity contribution >= 4 is 12.1 Å². The summed E-state index contributed by atoms with van der Waals surface area (Å²) in [5.41, 5.74) is -0.0378. The predicted octanol–water partition coefficient (Wildman–Crippen LogP) is 2.70. The van der Waals surface area contributed by atoms with Crippen LogP contribution in [0, 0.1) is 0 Å². The van der Waals surface area contributed by atoms with Crippen molar-refractivity contribution in [1.82, 2.24) is 9.55 Å². The van der Waals surface area contributed by atoms with E-state index in [1.165, 1.54) is 12.5 Å². The summed E-state index contributed by atoms with van der Waals surface area (Å²) < 4.78 is 32.9. The number of aromatic nitrogens is 2. The van der Waals surface area contributed by atoms with Gasteiger partial charge < -0.3 is 28.4 Å². The molecule has 2 atom stereocenters. The molecule has 2 aliphatic rings. The van der Waals surface area contributed by atoms with Crippen LogP contribution in [0.5, 0.6) is 23.0 Å². The number of hydrogen-bond acceptors (Lipinski definition) is 9. The minimum absolute atomic E-state index is 0.0378. The van der Waals surface area contributed by atoms with Gasteiger partial charge in [-0.1, -0.05) is 0 Å². The third-order valence-corrected chi connectivity index (χ3v) is 4.74. The summed E-state index contributed by atoms with van der Waals surface area (Å²) >= 11 is 0. The standard InChI is InChI=1S/C23H20N2O8/c26-22(32-17-5-1-15(2-6-17)28-10-19-12-30-19)21-9-25(14-24-21)23(27)33-18-7-3-16(4-8-18)29-11-20-13-31-20/h1-9,14,19-20H,10-13H2. The molecule has 0 aliphatic carbocycles. The van der Waals surface area contributed by atoms with Crippen molar-refractivity contribution in [2.75, 3.05) is 26.4 Å². The summed E-state index contributed by atoms with van der Waals surface area (Å²) in [6, 6.07) is 13.2. The van der Waals surface area contributed by atoms with Crippen LogP contribution in [0.15, 0.2) is 61.1 Å². The maximum Gasteiger partial charge on any atom is 0.424 e. The van der Waals surface area contributed by atoms with Gasteiger partial charge in [0.1, 0.15) is 54.7 Å². The number of carbonyl (C=O) groups is 2. The first-order chi connectivity index (χ1) is 16.1. The maximum atomic E-state index is 12.3. The molecule has 0 spiro atoms. The topological polar surface area (TPSA) is 114 Å². The molecule has 2 unspecified atom stereocenters. The molecule has 2 aliphatic heterocycles. The zero-order valence-electron chi connectivity index (χ0n) is 17.4. The van der Waals surface area contributed by atoms with Crippen LogP contribution in [0.4, 0.5) is 4.79 Å².